The lowest BCUT2D eigenvalue weighted by molar-refractivity contribution is -0.119. The lowest BCUT2D eigenvalue weighted by Gasteiger charge is -2.35. The van der Waals surface area contributed by atoms with E-state index in [1.807, 2.05) is 35.2 Å². The first-order valence-corrected chi connectivity index (χ1v) is 8.74. The van der Waals surface area contributed by atoms with Crippen molar-refractivity contribution >= 4 is 11.6 Å². The van der Waals surface area contributed by atoms with Crippen molar-refractivity contribution in [2.45, 2.75) is 38.6 Å². The number of rotatable bonds is 5. The van der Waals surface area contributed by atoms with Crippen LogP contribution in [0.3, 0.4) is 0 Å². The molecule has 0 radical (unpaired) electrons. The number of amides is 1. The van der Waals surface area contributed by atoms with Crippen LogP contribution in [0.4, 0.5) is 5.69 Å². The molecule has 1 atom stereocenters. The van der Waals surface area contributed by atoms with Gasteiger partial charge in [-0.25, -0.2) is 0 Å². The summed E-state index contributed by atoms with van der Waals surface area (Å²) >= 11 is 0. The molecule has 0 bridgehead atoms. The molecule has 0 saturated carbocycles. The number of benzene rings is 2. The zero-order chi connectivity index (χ0) is 17.8. The number of fused-ring (bicyclic) bond motifs is 1. The summed E-state index contributed by atoms with van der Waals surface area (Å²) in [4.78, 5) is 14.9. The number of nitrogens with zero attached hydrogens (tertiary/aromatic N) is 1. The van der Waals surface area contributed by atoms with Gasteiger partial charge in [-0.3, -0.25) is 4.79 Å². The fraction of sp³-hybridized carbons (Fsp3) is 0.381. The number of methoxy groups -OCH3 is 2. The second-order valence-corrected chi connectivity index (χ2v) is 6.50. The van der Waals surface area contributed by atoms with Crippen molar-refractivity contribution in [3.05, 3.63) is 53.6 Å². The number of aryl methyl sites for hydroxylation is 2. The van der Waals surface area contributed by atoms with Crippen molar-refractivity contribution in [3.63, 3.8) is 0 Å². The molecule has 4 heteroatoms. The van der Waals surface area contributed by atoms with Gasteiger partial charge in [0.05, 0.1) is 14.2 Å². The molecular formula is C21H25NO3. The number of anilines is 1. The van der Waals surface area contributed by atoms with Crippen molar-refractivity contribution in [1.82, 2.24) is 0 Å². The van der Waals surface area contributed by atoms with E-state index < -0.39 is 0 Å². The van der Waals surface area contributed by atoms with Crippen LogP contribution in [0.25, 0.3) is 0 Å². The van der Waals surface area contributed by atoms with E-state index in [-0.39, 0.29) is 11.9 Å². The summed E-state index contributed by atoms with van der Waals surface area (Å²) in [5.74, 6) is 1.67. The summed E-state index contributed by atoms with van der Waals surface area (Å²) in [6.45, 7) is 2.13. The van der Waals surface area contributed by atoms with Crippen LogP contribution in [0.1, 0.15) is 30.9 Å². The zero-order valence-electron chi connectivity index (χ0n) is 15.1. The maximum Gasteiger partial charge on any atom is 0.227 e. The van der Waals surface area contributed by atoms with Crippen molar-refractivity contribution < 1.29 is 14.3 Å². The fourth-order valence-corrected chi connectivity index (χ4v) is 3.45. The number of hydrogen-bond donors (Lipinski definition) is 0. The van der Waals surface area contributed by atoms with Crippen molar-refractivity contribution in [2.75, 3.05) is 19.1 Å². The van der Waals surface area contributed by atoms with Gasteiger partial charge in [-0.2, -0.15) is 0 Å². The molecule has 0 saturated heterocycles. The molecule has 0 fully saturated rings. The highest BCUT2D eigenvalue weighted by Crippen LogP contribution is 2.31. The molecule has 0 aromatic heterocycles. The average molecular weight is 339 g/mol. The van der Waals surface area contributed by atoms with Crippen molar-refractivity contribution in [3.8, 4) is 11.5 Å². The SMILES string of the molecule is COc1cc(CCC(=O)N2c3ccccc3CCC2C)cc(OC)c1. The second-order valence-electron chi connectivity index (χ2n) is 6.50. The molecule has 1 amide bonds. The quantitative estimate of drug-likeness (QED) is 0.826. The second kappa shape index (κ2) is 7.60. The van der Waals surface area contributed by atoms with Gasteiger partial charge >= 0.3 is 0 Å². The van der Waals surface area contributed by atoms with E-state index >= 15 is 0 Å². The van der Waals surface area contributed by atoms with Gasteiger partial charge in [0.15, 0.2) is 0 Å². The maximum atomic E-state index is 12.9. The van der Waals surface area contributed by atoms with Crippen LogP contribution in [0.2, 0.25) is 0 Å². The molecule has 1 aliphatic heterocycles. The molecule has 1 aliphatic rings. The Morgan fingerprint density at radius 2 is 1.80 bits per heavy atom. The minimum Gasteiger partial charge on any atom is -0.497 e. The fourth-order valence-electron chi connectivity index (χ4n) is 3.45. The van der Waals surface area contributed by atoms with Gasteiger partial charge < -0.3 is 14.4 Å². The van der Waals surface area contributed by atoms with Crippen LogP contribution < -0.4 is 14.4 Å². The van der Waals surface area contributed by atoms with Gasteiger partial charge in [0.2, 0.25) is 5.91 Å². The van der Waals surface area contributed by atoms with E-state index in [0.29, 0.717) is 12.8 Å². The Morgan fingerprint density at radius 3 is 2.48 bits per heavy atom. The lowest BCUT2D eigenvalue weighted by atomic mass is 9.96. The third-order valence-corrected chi connectivity index (χ3v) is 4.83. The number of carbonyl (C=O) groups is 1. The Hall–Kier alpha value is -2.49. The molecule has 0 spiro atoms. The highest BCUT2D eigenvalue weighted by molar-refractivity contribution is 5.95. The van der Waals surface area contributed by atoms with Crippen LogP contribution in [0, 0.1) is 0 Å². The Labute approximate surface area is 149 Å². The minimum atomic E-state index is 0.168. The molecule has 2 aromatic rings. The first kappa shape index (κ1) is 17.3. The van der Waals surface area contributed by atoms with E-state index in [2.05, 4.69) is 19.1 Å². The van der Waals surface area contributed by atoms with Gasteiger partial charge in [0.25, 0.3) is 0 Å². The van der Waals surface area contributed by atoms with Gasteiger partial charge in [-0.15, -0.1) is 0 Å². The average Bonchev–Trinajstić information content (AvgIpc) is 2.65. The number of hydrogen-bond acceptors (Lipinski definition) is 3. The highest BCUT2D eigenvalue weighted by atomic mass is 16.5. The molecule has 0 N–H and O–H groups in total. The van der Waals surface area contributed by atoms with Crippen LogP contribution in [-0.2, 0) is 17.6 Å². The minimum absolute atomic E-state index is 0.168. The third-order valence-electron chi connectivity index (χ3n) is 4.83. The monoisotopic (exact) mass is 339 g/mol. The van der Waals surface area contributed by atoms with E-state index in [0.717, 1.165) is 35.6 Å². The number of ether oxygens (including phenoxy) is 2. The molecule has 132 valence electrons. The Kier molecular flexibility index (Phi) is 5.27. The van der Waals surface area contributed by atoms with Gasteiger partial charge in [-0.05, 0) is 55.5 Å². The molecule has 3 rings (SSSR count). The van der Waals surface area contributed by atoms with Gasteiger partial charge in [0.1, 0.15) is 11.5 Å². The maximum absolute atomic E-state index is 12.9. The topological polar surface area (TPSA) is 38.8 Å². The van der Waals surface area contributed by atoms with E-state index in [9.17, 15) is 4.79 Å². The Morgan fingerprint density at radius 1 is 1.12 bits per heavy atom. The van der Waals surface area contributed by atoms with Crippen molar-refractivity contribution in [2.24, 2.45) is 0 Å². The van der Waals surface area contributed by atoms with E-state index in [4.69, 9.17) is 9.47 Å². The van der Waals surface area contributed by atoms with Crippen LogP contribution in [0.15, 0.2) is 42.5 Å². The van der Waals surface area contributed by atoms with Gasteiger partial charge in [0, 0.05) is 24.2 Å². The summed E-state index contributed by atoms with van der Waals surface area (Å²) in [7, 11) is 3.27. The van der Waals surface area contributed by atoms with E-state index in [1.54, 1.807) is 14.2 Å². The van der Waals surface area contributed by atoms with Crippen LogP contribution in [-0.4, -0.2) is 26.2 Å². The van der Waals surface area contributed by atoms with Crippen LogP contribution >= 0.6 is 0 Å². The molecule has 0 aliphatic carbocycles. The summed E-state index contributed by atoms with van der Waals surface area (Å²) < 4.78 is 10.6. The molecule has 1 heterocycles. The standard InChI is InChI=1S/C21H25NO3/c1-15-8-10-17-6-4-5-7-20(17)22(15)21(23)11-9-16-12-18(24-2)14-19(13-16)25-3/h4-7,12-15H,8-11H2,1-3H3. The zero-order valence-corrected chi connectivity index (χ0v) is 15.1. The Balaban J connectivity index is 1.75. The number of carbonyl (C=O) groups excluding carboxylic acids is 1. The lowest BCUT2D eigenvalue weighted by Crippen LogP contribution is -2.42. The Bertz CT molecular complexity index is 734. The predicted octanol–water partition coefficient (Wildman–Crippen LogP) is 4.00. The molecule has 1 unspecified atom stereocenters. The molecule has 25 heavy (non-hydrogen) atoms. The normalized spacial score (nSPS) is 16.3. The largest absolute Gasteiger partial charge is 0.497 e. The molecular weight excluding hydrogens is 314 g/mol. The summed E-state index contributed by atoms with van der Waals surface area (Å²) in [6.07, 6.45) is 3.18. The van der Waals surface area contributed by atoms with E-state index in [1.165, 1.54) is 5.56 Å². The first-order chi connectivity index (χ1) is 12.1. The van der Waals surface area contributed by atoms with Gasteiger partial charge in [-0.1, -0.05) is 18.2 Å². The molecule has 4 nitrogen and oxygen atoms in total. The van der Waals surface area contributed by atoms with Crippen LogP contribution in [0.5, 0.6) is 11.5 Å². The predicted molar refractivity (Wildman–Crippen MR) is 99.6 cm³/mol. The van der Waals surface area contributed by atoms with Crippen molar-refractivity contribution in [1.29, 1.82) is 0 Å². The third kappa shape index (κ3) is 3.78. The highest BCUT2D eigenvalue weighted by Gasteiger charge is 2.27. The summed E-state index contributed by atoms with van der Waals surface area (Å²) in [6, 6.07) is 14.2. The smallest absolute Gasteiger partial charge is 0.227 e. The summed E-state index contributed by atoms with van der Waals surface area (Å²) in [5, 5.41) is 0. The molecule has 2 aromatic carbocycles. The first-order valence-electron chi connectivity index (χ1n) is 8.74. The summed E-state index contributed by atoms with van der Waals surface area (Å²) in [5.41, 5.74) is 3.37. The number of para-hydroxylation sites is 1.